The molecule has 26 heavy (non-hydrogen) atoms. The number of methoxy groups -OCH3 is 1. The Morgan fingerprint density at radius 2 is 1.73 bits per heavy atom. The van der Waals surface area contributed by atoms with Gasteiger partial charge in [-0.05, 0) is 36.4 Å². The predicted molar refractivity (Wildman–Crippen MR) is 96.7 cm³/mol. The zero-order chi connectivity index (χ0) is 18.9. The van der Waals surface area contributed by atoms with Crippen LogP contribution >= 0.6 is 11.6 Å². The normalized spacial score (nSPS) is 10.1. The van der Waals surface area contributed by atoms with Gasteiger partial charge < -0.3 is 14.8 Å². The number of amides is 1. The van der Waals surface area contributed by atoms with Gasteiger partial charge in [0.1, 0.15) is 5.75 Å². The van der Waals surface area contributed by atoms with Gasteiger partial charge in [-0.1, -0.05) is 23.7 Å². The van der Waals surface area contributed by atoms with Crippen molar-refractivity contribution in [2.24, 2.45) is 0 Å². The average Bonchev–Trinajstić information content (AvgIpc) is 2.66. The van der Waals surface area contributed by atoms with E-state index in [2.05, 4.69) is 5.32 Å². The van der Waals surface area contributed by atoms with Crippen molar-refractivity contribution in [2.45, 2.75) is 6.42 Å². The number of para-hydroxylation sites is 1. The van der Waals surface area contributed by atoms with Gasteiger partial charge in [-0.25, -0.2) is 0 Å². The Bertz CT molecular complexity index is 789. The molecular formula is C19H18ClNO5. The average molecular weight is 376 g/mol. The van der Waals surface area contributed by atoms with E-state index in [-0.39, 0.29) is 31.3 Å². The molecule has 0 heterocycles. The van der Waals surface area contributed by atoms with Crippen LogP contribution in [-0.2, 0) is 9.53 Å². The summed E-state index contributed by atoms with van der Waals surface area (Å²) in [5.41, 5.74) is 0.785. The molecule has 0 fully saturated rings. The van der Waals surface area contributed by atoms with Crippen LogP contribution in [0.3, 0.4) is 0 Å². The molecule has 0 spiro atoms. The van der Waals surface area contributed by atoms with E-state index >= 15 is 0 Å². The number of carbonyl (C=O) groups excluding carboxylic acids is 3. The van der Waals surface area contributed by atoms with Crippen LogP contribution in [0.2, 0.25) is 5.02 Å². The molecule has 136 valence electrons. The maximum atomic E-state index is 12.1. The molecule has 0 aliphatic rings. The Morgan fingerprint density at radius 1 is 1.04 bits per heavy atom. The maximum absolute atomic E-state index is 12.1. The summed E-state index contributed by atoms with van der Waals surface area (Å²) >= 11 is 5.76. The zero-order valence-electron chi connectivity index (χ0n) is 14.2. The number of esters is 1. The molecule has 7 heteroatoms. The molecule has 0 aliphatic carbocycles. The van der Waals surface area contributed by atoms with Crippen LogP contribution in [0.15, 0.2) is 48.5 Å². The van der Waals surface area contributed by atoms with Gasteiger partial charge in [-0.15, -0.1) is 0 Å². The first kappa shape index (κ1) is 19.5. The molecule has 0 unspecified atom stereocenters. The van der Waals surface area contributed by atoms with Gasteiger partial charge >= 0.3 is 5.97 Å². The van der Waals surface area contributed by atoms with Crippen LogP contribution in [-0.4, -0.2) is 37.9 Å². The fraction of sp³-hybridized carbons (Fsp3) is 0.211. The fourth-order valence-corrected chi connectivity index (χ4v) is 2.28. The Morgan fingerprint density at radius 3 is 2.42 bits per heavy atom. The third kappa shape index (κ3) is 5.60. The maximum Gasteiger partial charge on any atom is 0.308 e. The third-order valence-electron chi connectivity index (χ3n) is 3.49. The fourth-order valence-electron chi connectivity index (χ4n) is 2.15. The van der Waals surface area contributed by atoms with Crippen molar-refractivity contribution < 1.29 is 23.9 Å². The summed E-state index contributed by atoms with van der Waals surface area (Å²) in [5.74, 6) is -0.839. The van der Waals surface area contributed by atoms with Crippen LogP contribution in [0.4, 0.5) is 0 Å². The van der Waals surface area contributed by atoms with E-state index in [4.69, 9.17) is 21.1 Å². The smallest absolute Gasteiger partial charge is 0.308 e. The third-order valence-corrected chi connectivity index (χ3v) is 3.74. The van der Waals surface area contributed by atoms with Crippen LogP contribution < -0.4 is 10.1 Å². The minimum absolute atomic E-state index is 0.0431. The summed E-state index contributed by atoms with van der Waals surface area (Å²) in [4.78, 5) is 35.7. The Hall–Kier alpha value is -2.86. The Labute approximate surface area is 156 Å². The van der Waals surface area contributed by atoms with Crippen molar-refractivity contribution in [3.05, 3.63) is 64.7 Å². The summed E-state index contributed by atoms with van der Waals surface area (Å²) in [7, 11) is 1.46. The zero-order valence-corrected chi connectivity index (χ0v) is 14.9. The van der Waals surface area contributed by atoms with E-state index in [1.54, 1.807) is 48.5 Å². The van der Waals surface area contributed by atoms with E-state index in [1.165, 1.54) is 7.11 Å². The number of benzene rings is 2. The molecule has 0 atom stereocenters. The van der Waals surface area contributed by atoms with Gasteiger partial charge in [0.05, 0.1) is 19.1 Å². The monoisotopic (exact) mass is 375 g/mol. The second-order valence-electron chi connectivity index (χ2n) is 5.30. The summed E-state index contributed by atoms with van der Waals surface area (Å²) in [6.45, 7) is -0.284. The Balaban J connectivity index is 1.74. The topological polar surface area (TPSA) is 81.7 Å². The molecule has 0 aromatic heterocycles. The number of nitrogens with one attached hydrogen (secondary N) is 1. The molecule has 0 saturated carbocycles. The number of ketones is 1. The van der Waals surface area contributed by atoms with E-state index in [0.717, 1.165) is 0 Å². The summed E-state index contributed by atoms with van der Waals surface area (Å²) in [6, 6.07) is 13.1. The highest BCUT2D eigenvalue weighted by molar-refractivity contribution is 6.30. The SMILES string of the molecule is COc1ccccc1C(=O)COC(=O)CCNC(=O)c1ccc(Cl)cc1. The summed E-state index contributed by atoms with van der Waals surface area (Å²) < 4.78 is 10.0. The highest BCUT2D eigenvalue weighted by Crippen LogP contribution is 2.17. The minimum atomic E-state index is -0.579. The van der Waals surface area contributed by atoms with Gasteiger partial charge in [0.2, 0.25) is 5.78 Å². The molecule has 1 N–H and O–H groups in total. The summed E-state index contributed by atoms with van der Waals surface area (Å²) in [6.07, 6.45) is -0.0431. The first-order valence-electron chi connectivity index (χ1n) is 7.87. The number of carbonyl (C=O) groups is 3. The highest BCUT2D eigenvalue weighted by Gasteiger charge is 2.14. The van der Waals surface area contributed by atoms with Crippen molar-refractivity contribution >= 4 is 29.3 Å². The van der Waals surface area contributed by atoms with Crippen molar-refractivity contribution in [1.82, 2.24) is 5.32 Å². The second kappa shape index (κ2) is 9.58. The molecule has 2 aromatic carbocycles. The minimum Gasteiger partial charge on any atom is -0.496 e. The molecule has 1 amide bonds. The number of hydrogen-bond donors (Lipinski definition) is 1. The van der Waals surface area contributed by atoms with Crippen LogP contribution in [0.5, 0.6) is 5.75 Å². The van der Waals surface area contributed by atoms with Crippen molar-refractivity contribution in [3.63, 3.8) is 0 Å². The van der Waals surface area contributed by atoms with Gasteiger partial charge in [0, 0.05) is 17.1 Å². The molecule has 2 aromatic rings. The lowest BCUT2D eigenvalue weighted by Gasteiger charge is -2.08. The quantitative estimate of drug-likeness (QED) is 0.566. The summed E-state index contributed by atoms with van der Waals surface area (Å²) in [5, 5.41) is 3.13. The van der Waals surface area contributed by atoms with Gasteiger partial charge in [-0.3, -0.25) is 14.4 Å². The number of Topliss-reactive ketones (excluding diaryl/α,β-unsaturated/α-hetero) is 1. The van der Waals surface area contributed by atoms with Crippen molar-refractivity contribution in [2.75, 3.05) is 20.3 Å². The van der Waals surface area contributed by atoms with Gasteiger partial charge in [-0.2, -0.15) is 0 Å². The standard InChI is InChI=1S/C19H18ClNO5/c1-25-17-5-3-2-4-15(17)16(22)12-26-18(23)10-11-21-19(24)13-6-8-14(20)9-7-13/h2-9H,10-12H2,1H3,(H,21,24). The van der Waals surface area contributed by atoms with Crippen molar-refractivity contribution in [1.29, 1.82) is 0 Å². The van der Waals surface area contributed by atoms with E-state index in [9.17, 15) is 14.4 Å². The highest BCUT2D eigenvalue weighted by atomic mass is 35.5. The number of halogens is 1. The molecule has 0 bridgehead atoms. The number of ether oxygens (including phenoxy) is 2. The Kier molecular flexibility index (Phi) is 7.17. The molecule has 6 nitrogen and oxygen atoms in total. The lowest BCUT2D eigenvalue weighted by molar-refractivity contribution is -0.142. The van der Waals surface area contributed by atoms with Gasteiger partial charge in [0.25, 0.3) is 5.91 Å². The van der Waals surface area contributed by atoms with Crippen LogP contribution in [0.1, 0.15) is 27.1 Å². The van der Waals surface area contributed by atoms with Crippen LogP contribution in [0, 0.1) is 0 Å². The van der Waals surface area contributed by atoms with E-state index in [0.29, 0.717) is 21.9 Å². The lowest BCUT2D eigenvalue weighted by Crippen LogP contribution is -2.27. The molecule has 0 radical (unpaired) electrons. The van der Waals surface area contributed by atoms with Gasteiger partial charge in [0.15, 0.2) is 6.61 Å². The van der Waals surface area contributed by atoms with Crippen molar-refractivity contribution in [3.8, 4) is 5.75 Å². The van der Waals surface area contributed by atoms with E-state index in [1.807, 2.05) is 0 Å². The molecule has 0 aliphatic heterocycles. The lowest BCUT2D eigenvalue weighted by atomic mass is 10.1. The largest absolute Gasteiger partial charge is 0.496 e. The molecule has 2 rings (SSSR count). The predicted octanol–water partition coefficient (Wildman–Crippen LogP) is 2.89. The second-order valence-corrected chi connectivity index (χ2v) is 5.73. The first-order chi connectivity index (χ1) is 12.5. The van der Waals surface area contributed by atoms with E-state index < -0.39 is 5.97 Å². The number of rotatable bonds is 8. The molecular weight excluding hydrogens is 358 g/mol. The number of hydrogen-bond acceptors (Lipinski definition) is 5. The molecule has 0 saturated heterocycles. The first-order valence-corrected chi connectivity index (χ1v) is 8.24. The van der Waals surface area contributed by atoms with Crippen LogP contribution in [0.25, 0.3) is 0 Å².